The van der Waals surface area contributed by atoms with Crippen molar-refractivity contribution in [2.24, 2.45) is 0 Å². The lowest BCUT2D eigenvalue weighted by Crippen LogP contribution is -2.51. The highest BCUT2D eigenvalue weighted by molar-refractivity contribution is 7.99. The fraction of sp³-hybridized carbons (Fsp3) is 0.481. The Balaban J connectivity index is 1.69. The molecule has 0 aliphatic heterocycles. The van der Waals surface area contributed by atoms with Gasteiger partial charge in [-0.15, -0.1) is 11.8 Å². The summed E-state index contributed by atoms with van der Waals surface area (Å²) in [5.41, 5.74) is 2.25. The van der Waals surface area contributed by atoms with Crippen LogP contribution in [0.25, 0.3) is 0 Å². The smallest absolute Gasteiger partial charge is 0.243 e. The van der Waals surface area contributed by atoms with E-state index >= 15 is 0 Å². The van der Waals surface area contributed by atoms with Gasteiger partial charge in [0, 0.05) is 29.7 Å². The van der Waals surface area contributed by atoms with Gasteiger partial charge in [-0.05, 0) is 43.9 Å². The molecule has 172 valence electrons. The molecule has 2 amide bonds. The monoisotopic (exact) mass is 452 g/mol. The number of hydrogen-bond donors (Lipinski definition) is 1. The zero-order chi connectivity index (χ0) is 22.8. The Bertz CT molecular complexity index is 848. The molecular weight excluding hydrogens is 416 g/mol. The first-order valence-electron chi connectivity index (χ1n) is 11.9. The molecule has 1 fully saturated rings. The molecular formula is C27H36N2O2S. The summed E-state index contributed by atoms with van der Waals surface area (Å²) in [5, 5.41) is 3.24. The molecule has 1 aliphatic carbocycles. The Morgan fingerprint density at radius 1 is 1.03 bits per heavy atom. The van der Waals surface area contributed by atoms with Gasteiger partial charge in [-0.3, -0.25) is 9.59 Å². The quantitative estimate of drug-likeness (QED) is 0.468. The van der Waals surface area contributed by atoms with E-state index < -0.39 is 6.04 Å². The molecule has 1 aliphatic rings. The molecule has 1 atom stereocenters. The summed E-state index contributed by atoms with van der Waals surface area (Å²) in [6, 6.07) is 18.2. The summed E-state index contributed by atoms with van der Waals surface area (Å²) in [6.45, 7) is 4.52. The number of nitrogens with one attached hydrogen (secondary N) is 1. The highest BCUT2D eigenvalue weighted by Crippen LogP contribution is 2.21. The molecule has 4 nitrogen and oxygen atoms in total. The van der Waals surface area contributed by atoms with E-state index in [4.69, 9.17) is 0 Å². The van der Waals surface area contributed by atoms with Crippen LogP contribution in [0.15, 0.2) is 59.5 Å². The molecule has 1 N–H and O–H groups in total. The van der Waals surface area contributed by atoms with E-state index in [9.17, 15) is 9.59 Å². The Labute approximate surface area is 197 Å². The highest BCUT2D eigenvalue weighted by atomic mass is 32.2. The third kappa shape index (κ3) is 7.40. The zero-order valence-corrected chi connectivity index (χ0v) is 20.2. The van der Waals surface area contributed by atoms with Gasteiger partial charge in [-0.2, -0.15) is 0 Å². The SMILES string of the molecule is CC[C@@H](C(=O)NC1CCCCC1)N(Cc1ccc(C)cc1)C(=O)CCSc1ccccc1. The van der Waals surface area contributed by atoms with E-state index in [1.807, 2.05) is 25.1 Å². The van der Waals surface area contributed by atoms with Gasteiger partial charge in [0.15, 0.2) is 0 Å². The molecule has 0 saturated heterocycles. The molecule has 1 saturated carbocycles. The first kappa shape index (κ1) is 24.4. The van der Waals surface area contributed by atoms with E-state index in [-0.39, 0.29) is 17.9 Å². The molecule has 2 aromatic carbocycles. The minimum absolute atomic E-state index is 0.00410. The predicted octanol–water partition coefficient (Wildman–Crippen LogP) is 5.73. The number of thioether (sulfide) groups is 1. The largest absolute Gasteiger partial charge is 0.352 e. The number of rotatable bonds is 10. The Hall–Kier alpha value is -2.27. The van der Waals surface area contributed by atoms with Crippen molar-refractivity contribution in [3.05, 3.63) is 65.7 Å². The van der Waals surface area contributed by atoms with Gasteiger partial charge >= 0.3 is 0 Å². The lowest BCUT2D eigenvalue weighted by molar-refractivity contribution is -0.141. The van der Waals surface area contributed by atoms with Crippen LogP contribution in [0.5, 0.6) is 0 Å². The van der Waals surface area contributed by atoms with Crippen molar-refractivity contribution in [3.8, 4) is 0 Å². The van der Waals surface area contributed by atoms with E-state index in [2.05, 4.69) is 48.6 Å². The van der Waals surface area contributed by atoms with Crippen molar-refractivity contribution >= 4 is 23.6 Å². The zero-order valence-electron chi connectivity index (χ0n) is 19.4. The molecule has 0 unspecified atom stereocenters. The Morgan fingerprint density at radius 3 is 2.38 bits per heavy atom. The highest BCUT2D eigenvalue weighted by Gasteiger charge is 2.30. The van der Waals surface area contributed by atoms with Crippen molar-refractivity contribution in [2.75, 3.05) is 5.75 Å². The van der Waals surface area contributed by atoms with Crippen LogP contribution in [0.4, 0.5) is 0 Å². The normalized spacial score (nSPS) is 15.2. The van der Waals surface area contributed by atoms with E-state index in [0.717, 1.165) is 23.3 Å². The lowest BCUT2D eigenvalue weighted by atomic mass is 9.95. The van der Waals surface area contributed by atoms with Gasteiger partial charge in [0.05, 0.1) is 0 Å². The minimum Gasteiger partial charge on any atom is -0.352 e. The van der Waals surface area contributed by atoms with Crippen molar-refractivity contribution in [3.63, 3.8) is 0 Å². The first-order valence-corrected chi connectivity index (χ1v) is 12.9. The van der Waals surface area contributed by atoms with Crippen molar-refractivity contribution < 1.29 is 9.59 Å². The fourth-order valence-electron chi connectivity index (χ4n) is 4.27. The fourth-order valence-corrected chi connectivity index (χ4v) is 5.13. The van der Waals surface area contributed by atoms with Gasteiger partial charge in [0.2, 0.25) is 11.8 Å². The molecule has 0 radical (unpaired) electrons. The average molecular weight is 453 g/mol. The molecule has 0 bridgehead atoms. The van der Waals surface area contributed by atoms with Crippen molar-refractivity contribution in [2.45, 2.75) is 82.3 Å². The topological polar surface area (TPSA) is 49.4 Å². The molecule has 2 aromatic rings. The van der Waals surface area contributed by atoms with Crippen LogP contribution in [0.1, 0.15) is 63.0 Å². The third-order valence-corrected chi connectivity index (χ3v) is 7.15. The summed E-state index contributed by atoms with van der Waals surface area (Å²) in [4.78, 5) is 29.5. The van der Waals surface area contributed by atoms with Gasteiger partial charge in [-0.1, -0.05) is 74.2 Å². The molecule has 5 heteroatoms. The summed E-state index contributed by atoms with van der Waals surface area (Å²) in [5.74, 6) is 0.740. The van der Waals surface area contributed by atoms with Crippen LogP contribution < -0.4 is 5.32 Å². The van der Waals surface area contributed by atoms with E-state index in [1.165, 1.54) is 24.8 Å². The van der Waals surface area contributed by atoms with Crippen LogP contribution in [0.2, 0.25) is 0 Å². The van der Waals surface area contributed by atoms with E-state index in [0.29, 0.717) is 25.1 Å². The summed E-state index contributed by atoms with van der Waals surface area (Å²) < 4.78 is 0. The van der Waals surface area contributed by atoms with Gasteiger partial charge < -0.3 is 10.2 Å². The number of amides is 2. The summed E-state index contributed by atoms with van der Waals surface area (Å²) in [7, 11) is 0. The molecule has 0 spiro atoms. The van der Waals surface area contributed by atoms with Gasteiger partial charge in [0.25, 0.3) is 0 Å². The molecule has 0 aromatic heterocycles. The average Bonchev–Trinajstić information content (AvgIpc) is 2.81. The Morgan fingerprint density at radius 2 is 1.72 bits per heavy atom. The van der Waals surface area contributed by atoms with Gasteiger partial charge in [0.1, 0.15) is 6.04 Å². The maximum atomic E-state index is 13.3. The number of nitrogens with zero attached hydrogens (tertiary/aromatic N) is 1. The van der Waals surface area contributed by atoms with E-state index in [1.54, 1.807) is 16.7 Å². The van der Waals surface area contributed by atoms with Crippen LogP contribution in [-0.2, 0) is 16.1 Å². The van der Waals surface area contributed by atoms with Crippen LogP contribution in [0, 0.1) is 6.92 Å². The second kappa shape index (κ2) is 12.7. The van der Waals surface area contributed by atoms with Gasteiger partial charge in [-0.25, -0.2) is 0 Å². The lowest BCUT2D eigenvalue weighted by Gasteiger charge is -2.33. The summed E-state index contributed by atoms with van der Waals surface area (Å²) in [6.07, 6.45) is 6.71. The summed E-state index contributed by atoms with van der Waals surface area (Å²) >= 11 is 1.68. The van der Waals surface area contributed by atoms with Crippen LogP contribution in [0.3, 0.4) is 0 Å². The number of benzene rings is 2. The Kier molecular flexibility index (Phi) is 9.66. The number of aryl methyl sites for hydroxylation is 1. The maximum Gasteiger partial charge on any atom is 0.243 e. The van der Waals surface area contributed by atoms with Crippen molar-refractivity contribution in [1.29, 1.82) is 0 Å². The molecule has 0 heterocycles. The number of carbonyl (C=O) groups is 2. The third-order valence-electron chi connectivity index (χ3n) is 6.14. The second-order valence-electron chi connectivity index (χ2n) is 8.69. The molecule has 32 heavy (non-hydrogen) atoms. The number of carbonyl (C=O) groups excluding carboxylic acids is 2. The first-order chi connectivity index (χ1) is 15.6. The predicted molar refractivity (Wildman–Crippen MR) is 133 cm³/mol. The molecule has 3 rings (SSSR count). The second-order valence-corrected chi connectivity index (χ2v) is 9.85. The van der Waals surface area contributed by atoms with Crippen molar-refractivity contribution in [1.82, 2.24) is 10.2 Å². The van der Waals surface area contributed by atoms with Crippen LogP contribution >= 0.6 is 11.8 Å². The maximum absolute atomic E-state index is 13.3. The minimum atomic E-state index is -0.438. The number of hydrogen-bond acceptors (Lipinski definition) is 3. The standard InChI is InChI=1S/C27H36N2O2S/c1-3-25(27(31)28-23-10-6-4-7-11-23)29(20-22-16-14-21(2)15-17-22)26(30)18-19-32-24-12-8-5-9-13-24/h5,8-9,12-17,23,25H,3-4,6-7,10-11,18-20H2,1-2H3,(H,28,31)/t25-/m0/s1. The van der Waals surface area contributed by atoms with Crippen LogP contribution in [-0.4, -0.2) is 34.6 Å².